The second-order valence-corrected chi connectivity index (χ2v) is 5.96. The van der Waals surface area contributed by atoms with Crippen LogP contribution in [0.15, 0.2) is 42.2 Å². The van der Waals surface area contributed by atoms with E-state index in [4.69, 9.17) is 5.73 Å². The van der Waals surface area contributed by atoms with Crippen LogP contribution in [0.2, 0.25) is 0 Å². The minimum Gasteiger partial charge on any atom is -0.342 e. The van der Waals surface area contributed by atoms with Gasteiger partial charge in [-0.1, -0.05) is 12.1 Å². The molecule has 2 N–H and O–H groups in total. The Kier molecular flexibility index (Phi) is 3.36. The normalized spacial score (nSPS) is 12.9. The first-order valence-corrected chi connectivity index (χ1v) is 7.31. The van der Waals surface area contributed by atoms with Gasteiger partial charge in [0.15, 0.2) is 0 Å². The Morgan fingerprint density at radius 1 is 1.37 bits per heavy atom. The summed E-state index contributed by atoms with van der Waals surface area (Å²) in [4.78, 5) is 5.40. The molecule has 4 heteroatoms. The zero-order chi connectivity index (χ0) is 13.2. The average molecular weight is 271 g/mol. The molecule has 0 aliphatic carbocycles. The fourth-order valence-corrected chi connectivity index (χ4v) is 2.95. The number of nitrogens with two attached hydrogens (primary N) is 1. The van der Waals surface area contributed by atoms with Crippen molar-refractivity contribution in [3.05, 3.63) is 52.6 Å². The second kappa shape index (κ2) is 5.15. The largest absolute Gasteiger partial charge is 0.342 e. The highest BCUT2D eigenvalue weighted by Crippen LogP contribution is 2.20. The molecule has 0 saturated carbocycles. The van der Waals surface area contributed by atoms with Crippen molar-refractivity contribution in [1.29, 1.82) is 0 Å². The van der Waals surface area contributed by atoms with Crippen molar-refractivity contribution >= 4 is 22.2 Å². The summed E-state index contributed by atoms with van der Waals surface area (Å²) in [6.45, 7) is 2.93. The summed E-state index contributed by atoms with van der Waals surface area (Å²) in [5.41, 5.74) is 10.3. The highest BCUT2D eigenvalue weighted by molar-refractivity contribution is 7.09. The summed E-state index contributed by atoms with van der Waals surface area (Å²) in [6, 6.07) is 8.95. The molecule has 1 unspecified atom stereocenters. The van der Waals surface area contributed by atoms with E-state index in [2.05, 4.69) is 40.0 Å². The molecule has 0 bridgehead atoms. The highest BCUT2D eigenvalue weighted by atomic mass is 32.1. The molecule has 19 heavy (non-hydrogen) atoms. The van der Waals surface area contributed by atoms with Gasteiger partial charge in [-0.2, -0.15) is 0 Å². The molecule has 0 spiro atoms. The SMILES string of the molecule is CC(N)Cc1ccc2ccn(Cc3cncs3)c2c1. The van der Waals surface area contributed by atoms with Crippen molar-refractivity contribution in [2.45, 2.75) is 25.9 Å². The Bertz CT molecular complexity index is 668. The van der Waals surface area contributed by atoms with Gasteiger partial charge in [0.1, 0.15) is 0 Å². The van der Waals surface area contributed by atoms with E-state index in [-0.39, 0.29) is 6.04 Å². The molecule has 0 aliphatic rings. The predicted molar refractivity (Wildman–Crippen MR) is 80.5 cm³/mol. The molecule has 0 radical (unpaired) electrons. The van der Waals surface area contributed by atoms with Crippen molar-refractivity contribution in [3.63, 3.8) is 0 Å². The predicted octanol–water partition coefficient (Wildman–Crippen LogP) is 3.04. The van der Waals surface area contributed by atoms with E-state index in [9.17, 15) is 0 Å². The molecule has 2 aromatic heterocycles. The summed E-state index contributed by atoms with van der Waals surface area (Å²) in [7, 11) is 0. The van der Waals surface area contributed by atoms with E-state index in [0.29, 0.717) is 0 Å². The molecule has 0 amide bonds. The lowest BCUT2D eigenvalue weighted by Crippen LogP contribution is -2.17. The van der Waals surface area contributed by atoms with Crippen LogP contribution in [0.25, 0.3) is 10.9 Å². The number of benzene rings is 1. The summed E-state index contributed by atoms with van der Waals surface area (Å²) in [6.07, 6.45) is 4.99. The van der Waals surface area contributed by atoms with Crippen LogP contribution in [0.5, 0.6) is 0 Å². The van der Waals surface area contributed by atoms with E-state index in [1.807, 2.05) is 18.6 Å². The van der Waals surface area contributed by atoms with Gasteiger partial charge in [-0.25, -0.2) is 0 Å². The number of hydrogen-bond donors (Lipinski definition) is 1. The fourth-order valence-electron chi connectivity index (χ4n) is 2.35. The first-order valence-electron chi connectivity index (χ1n) is 6.43. The molecular formula is C15H17N3S. The van der Waals surface area contributed by atoms with Gasteiger partial charge in [0.2, 0.25) is 0 Å². The quantitative estimate of drug-likeness (QED) is 0.792. The van der Waals surface area contributed by atoms with Gasteiger partial charge in [-0.05, 0) is 36.4 Å². The Balaban J connectivity index is 1.95. The van der Waals surface area contributed by atoms with Crippen LogP contribution in [0.3, 0.4) is 0 Å². The van der Waals surface area contributed by atoms with Crippen LogP contribution < -0.4 is 5.73 Å². The van der Waals surface area contributed by atoms with E-state index < -0.39 is 0 Å². The van der Waals surface area contributed by atoms with E-state index in [0.717, 1.165) is 13.0 Å². The van der Waals surface area contributed by atoms with Crippen LogP contribution in [-0.4, -0.2) is 15.6 Å². The Hall–Kier alpha value is -1.65. The Morgan fingerprint density at radius 2 is 2.26 bits per heavy atom. The summed E-state index contributed by atoms with van der Waals surface area (Å²) in [5.74, 6) is 0. The molecular weight excluding hydrogens is 254 g/mol. The van der Waals surface area contributed by atoms with Crippen molar-refractivity contribution < 1.29 is 0 Å². The zero-order valence-corrected chi connectivity index (χ0v) is 11.7. The monoisotopic (exact) mass is 271 g/mol. The van der Waals surface area contributed by atoms with Crippen LogP contribution >= 0.6 is 11.3 Å². The van der Waals surface area contributed by atoms with E-state index in [1.54, 1.807) is 11.3 Å². The third-order valence-corrected chi connectivity index (χ3v) is 3.97. The maximum atomic E-state index is 5.88. The maximum absolute atomic E-state index is 5.88. The number of thiazole rings is 1. The lowest BCUT2D eigenvalue weighted by atomic mass is 10.1. The standard InChI is InChI=1S/C15H17N3S/c1-11(16)6-12-2-3-13-4-5-18(15(13)7-12)9-14-8-17-10-19-14/h2-5,7-8,10-11H,6,9,16H2,1H3. The molecule has 1 atom stereocenters. The summed E-state index contributed by atoms with van der Waals surface area (Å²) >= 11 is 1.69. The first-order chi connectivity index (χ1) is 9.22. The minimum atomic E-state index is 0.197. The molecule has 98 valence electrons. The molecule has 0 aliphatic heterocycles. The Labute approximate surface area is 116 Å². The van der Waals surface area contributed by atoms with Crippen molar-refractivity contribution in [3.8, 4) is 0 Å². The lowest BCUT2D eigenvalue weighted by molar-refractivity contribution is 0.738. The number of aromatic nitrogens is 2. The molecule has 2 heterocycles. The average Bonchev–Trinajstić information content (AvgIpc) is 3.00. The highest BCUT2D eigenvalue weighted by Gasteiger charge is 2.05. The van der Waals surface area contributed by atoms with Crippen molar-refractivity contribution in [2.75, 3.05) is 0 Å². The van der Waals surface area contributed by atoms with Crippen molar-refractivity contribution in [1.82, 2.24) is 9.55 Å². The van der Waals surface area contributed by atoms with Gasteiger partial charge in [-0.3, -0.25) is 4.98 Å². The lowest BCUT2D eigenvalue weighted by Gasteiger charge is -2.07. The number of rotatable bonds is 4. The number of nitrogens with zero attached hydrogens (tertiary/aromatic N) is 2. The smallest absolute Gasteiger partial charge is 0.0794 e. The third-order valence-electron chi connectivity index (χ3n) is 3.21. The zero-order valence-electron chi connectivity index (χ0n) is 10.9. The fraction of sp³-hybridized carbons (Fsp3) is 0.267. The molecule has 3 nitrogen and oxygen atoms in total. The summed E-state index contributed by atoms with van der Waals surface area (Å²) in [5, 5.41) is 1.28. The Morgan fingerprint density at radius 3 is 3.00 bits per heavy atom. The van der Waals surface area contributed by atoms with Gasteiger partial charge in [0.25, 0.3) is 0 Å². The molecule has 3 aromatic rings. The van der Waals surface area contributed by atoms with Crippen LogP contribution in [0.1, 0.15) is 17.4 Å². The van der Waals surface area contributed by atoms with E-state index in [1.165, 1.54) is 21.3 Å². The molecule has 0 fully saturated rings. The number of fused-ring (bicyclic) bond motifs is 1. The topological polar surface area (TPSA) is 43.8 Å². The summed E-state index contributed by atoms with van der Waals surface area (Å²) < 4.78 is 2.27. The van der Waals surface area contributed by atoms with Gasteiger partial charge >= 0.3 is 0 Å². The van der Waals surface area contributed by atoms with Gasteiger partial charge in [0, 0.05) is 28.8 Å². The van der Waals surface area contributed by atoms with E-state index >= 15 is 0 Å². The second-order valence-electron chi connectivity index (χ2n) is 4.99. The van der Waals surface area contributed by atoms with Gasteiger partial charge < -0.3 is 10.3 Å². The van der Waals surface area contributed by atoms with Gasteiger partial charge in [-0.15, -0.1) is 11.3 Å². The van der Waals surface area contributed by atoms with Crippen LogP contribution in [0.4, 0.5) is 0 Å². The molecule has 0 saturated heterocycles. The molecule has 1 aromatic carbocycles. The first kappa shape index (κ1) is 12.4. The third kappa shape index (κ3) is 2.69. The maximum Gasteiger partial charge on any atom is 0.0794 e. The minimum absolute atomic E-state index is 0.197. The van der Waals surface area contributed by atoms with Crippen LogP contribution in [0, 0.1) is 0 Å². The van der Waals surface area contributed by atoms with Crippen molar-refractivity contribution in [2.24, 2.45) is 5.73 Å². The molecule has 3 rings (SSSR count). The van der Waals surface area contributed by atoms with Gasteiger partial charge in [0.05, 0.1) is 12.1 Å². The number of hydrogen-bond acceptors (Lipinski definition) is 3. The van der Waals surface area contributed by atoms with Crippen LogP contribution in [-0.2, 0) is 13.0 Å².